The molecule has 0 radical (unpaired) electrons. The van der Waals surface area contributed by atoms with Gasteiger partial charge in [0.1, 0.15) is 6.29 Å². The normalized spacial score (nSPS) is 11.4. The van der Waals surface area contributed by atoms with Crippen LogP contribution >= 0.6 is 0 Å². The lowest BCUT2D eigenvalue weighted by molar-refractivity contribution is -0.104. The second kappa shape index (κ2) is 4.61. The van der Waals surface area contributed by atoms with Crippen LogP contribution in [0.5, 0.6) is 0 Å². The zero-order valence-corrected chi connectivity index (χ0v) is 8.08. The molecule has 0 amide bonds. The minimum absolute atomic E-state index is 0.789. The molecular weight excluding hydrogens is 160 g/mol. The Labute approximate surface area is 79.1 Å². The van der Waals surface area contributed by atoms with Gasteiger partial charge in [-0.3, -0.25) is 4.79 Å². The summed E-state index contributed by atoms with van der Waals surface area (Å²) in [6, 6.07) is 8.12. The summed E-state index contributed by atoms with van der Waals surface area (Å²) in [5, 5.41) is 0. The van der Waals surface area contributed by atoms with Crippen molar-refractivity contribution < 1.29 is 4.79 Å². The Hall–Kier alpha value is -1.37. The van der Waals surface area contributed by atoms with Gasteiger partial charge < -0.3 is 0 Å². The average molecular weight is 174 g/mol. The van der Waals surface area contributed by atoms with Crippen LogP contribution in [0.1, 0.15) is 24.5 Å². The van der Waals surface area contributed by atoms with Gasteiger partial charge in [0.25, 0.3) is 0 Å². The monoisotopic (exact) mass is 174 g/mol. The van der Waals surface area contributed by atoms with Crippen molar-refractivity contribution in [3.63, 3.8) is 0 Å². The van der Waals surface area contributed by atoms with Crippen LogP contribution in [-0.4, -0.2) is 6.29 Å². The number of hydrogen-bond donors (Lipinski definition) is 0. The van der Waals surface area contributed by atoms with Crippen LogP contribution in [-0.2, 0) is 4.79 Å². The molecule has 0 N–H and O–H groups in total. The van der Waals surface area contributed by atoms with Crippen LogP contribution < -0.4 is 0 Å². The second-order valence-corrected chi connectivity index (χ2v) is 3.10. The highest BCUT2D eigenvalue weighted by atomic mass is 16.1. The molecule has 0 spiro atoms. The van der Waals surface area contributed by atoms with Gasteiger partial charge in [0.05, 0.1) is 0 Å². The largest absolute Gasteiger partial charge is 0.298 e. The molecule has 0 atom stereocenters. The van der Waals surface area contributed by atoms with Gasteiger partial charge in [-0.15, -0.1) is 0 Å². The lowest BCUT2D eigenvalue weighted by Gasteiger charge is -1.97. The fourth-order valence-corrected chi connectivity index (χ4v) is 1.19. The van der Waals surface area contributed by atoms with Crippen LogP contribution in [0.3, 0.4) is 0 Å². The summed E-state index contributed by atoms with van der Waals surface area (Å²) in [7, 11) is 0. The molecule has 0 aromatic heterocycles. The smallest absolute Gasteiger partial charge is 0.146 e. The molecule has 1 rings (SSSR count). The molecule has 0 fully saturated rings. The Morgan fingerprint density at radius 1 is 1.46 bits per heavy atom. The van der Waals surface area contributed by atoms with Gasteiger partial charge >= 0.3 is 0 Å². The molecule has 1 aromatic carbocycles. The standard InChI is InChI=1S/C12H14O/c1-3-11(9-13)8-12-6-4-5-10(2)7-12/h4-9H,3H2,1-2H3/b11-8-. The van der Waals surface area contributed by atoms with E-state index >= 15 is 0 Å². The van der Waals surface area contributed by atoms with Crippen LogP contribution in [0.25, 0.3) is 6.08 Å². The molecule has 1 nitrogen and oxygen atoms in total. The number of carbonyl (C=O) groups is 1. The van der Waals surface area contributed by atoms with Gasteiger partial charge in [-0.05, 0) is 30.6 Å². The van der Waals surface area contributed by atoms with E-state index < -0.39 is 0 Å². The zero-order valence-electron chi connectivity index (χ0n) is 8.08. The lowest BCUT2D eigenvalue weighted by atomic mass is 10.1. The number of benzene rings is 1. The lowest BCUT2D eigenvalue weighted by Crippen LogP contribution is -1.82. The highest BCUT2D eigenvalue weighted by molar-refractivity contribution is 5.81. The van der Waals surface area contributed by atoms with Gasteiger partial charge in [0.15, 0.2) is 0 Å². The Bertz CT molecular complexity index is 324. The first kappa shape index (κ1) is 9.72. The van der Waals surface area contributed by atoms with Gasteiger partial charge in [0, 0.05) is 0 Å². The summed E-state index contributed by atoms with van der Waals surface area (Å²) < 4.78 is 0. The van der Waals surface area contributed by atoms with Crippen molar-refractivity contribution in [3.05, 3.63) is 41.0 Å². The van der Waals surface area contributed by atoms with E-state index in [1.807, 2.05) is 38.1 Å². The van der Waals surface area contributed by atoms with Gasteiger partial charge in [-0.2, -0.15) is 0 Å². The van der Waals surface area contributed by atoms with E-state index in [2.05, 4.69) is 6.07 Å². The summed E-state index contributed by atoms with van der Waals surface area (Å²) in [4.78, 5) is 10.6. The molecule has 68 valence electrons. The maximum Gasteiger partial charge on any atom is 0.146 e. The van der Waals surface area contributed by atoms with E-state index in [1.54, 1.807) is 0 Å². The molecule has 0 unspecified atom stereocenters. The number of hydrogen-bond acceptors (Lipinski definition) is 1. The Kier molecular flexibility index (Phi) is 3.44. The first-order valence-corrected chi connectivity index (χ1v) is 4.48. The van der Waals surface area contributed by atoms with Crippen molar-refractivity contribution in [2.45, 2.75) is 20.3 Å². The number of rotatable bonds is 3. The predicted octanol–water partition coefficient (Wildman–Crippen LogP) is 2.99. The summed E-state index contributed by atoms with van der Waals surface area (Å²) in [6.45, 7) is 4.03. The maximum absolute atomic E-state index is 10.6. The molecule has 13 heavy (non-hydrogen) atoms. The molecule has 0 bridgehead atoms. The first-order chi connectivity index (χ1) is 6.26. The number of aldehydes is 1. The fraction of sp³-hybridized carbons (Fsp3) is 0.250. The van der Waals surface area contributed by atoms with Crippen molar-refractivity contribution in [1.29, 1.82) is 0 Å². The van der Waals surface area contributed by atoms with Gasteiger partial charge in [-0.25, -0.2) is 0 Å². The van der Waals surface area contributed by atoms with Crippen LogP contribution in [0, 0.1) is 6.92 Å². The quantitative estimate of drug-likeness (QED) is 0.508. The molecule has 1 aromatic rings. The second-order valence-electron chi connectivity index (χ2n) is 3.10. The molecular formula is C12H14O. The molecule has 1 heteroatoms. The minimum Gasteiger partial charge on any atom is -0.298 e. The third-order valence-electron chi connectivity index (χ3n) is 1.95. The van der Waals surface area contributed by atoms with E-state index in [1.165, 1.54) is 5.56 Å². The van der Waals surface area contributed by atoms with E-state index in [-0.39, 0.29) is 0 Å². The first-order valence-electron chi connectivity index (χ1n) is 4.48. The van der Waals surface area contributed by atoms with Crippen molar-refractivity contribution in [2.24, 2.45) is 0 Å². The van der Waals surface area contributed by atoms with Crippen LogP contribution in [0.2, 0.25) is 0 Å². The number of allylic oxidation sites excluding steroid dienone is 1. The molecule has 0 saturated carbocycles. The van der Waals surface area contributed by atoms with E-state index in [0.717, 1.165) is 23.8 Å². The summed E-state index contributed by atoms with van der Waals surface area (Å²) in [6.07, 6.45) is 3.64. The minimum atomic E-state index is 0.789. The average Bonchev–Trinajstić information content (AvgIpc) is 2.14. The Balaban J connectivity index is 2.95. The van der Waals surface area contributed by atoms with Crippen molar-refractivity contribution in [1.82, 2.24) is 0 Å². The third kappa shape index (κ3) is 2.86. The van der Waals surface area contributed by atoms with Gasteiger partial charge in [0.2, 0.25) is 0 Å². The van der Waals surface area contributed by atoms with Crippen LogP contribution in [0.15, 0.2) is 29.8 Å². The molecule has 0 aliphatic heterocycles. The van der Waals surface area contributed by atoms with Crippen molar-refractivity contribution >= 4 is 12.4 Å². The third-order valence-corrected chi connectivity index (χ3v) is 1.95. The van der Waals surface area contributed by atoms with Gasteiger partial charge in [-0.1, -0.05) is 36.8 Å². The molecule has 0 saturated heterocycles. The molecule has 0 aliphatic carbocycles. The zero-order chi connectivity index (χ0) is 9.68. The Morgan fingerprint density at radius 2 is 2.23 bits per heavy atom. The maximum atomic E-state index is 10.6. The van der Waals surface area contributed by atoms with E-state index in [9.17, 15) is 4.79 Å². The number of carbonyl (C=O) groups excluding carboxylic acids is 1. The molecule has 0 aliphatic rings. The van der Waals surface area contributed by atoms with Crippen molar-refractivity contribution in [3.8, 4) is 0 Å². The van der Waals surface area contributed by atoms with Crippen LogP contribution in [0.4, 0.5) is 0 Å². The van der Waals surface area contributed by atoms with E-state index in [4.69, 9.17) is 0 Å². The fourth-order valence-electron chi connectivity index (χ4n) is 1.19. The summed E-state index contributed by atoms with van der Waals surface area (Å²) >= 11 is 0. The summed E-state index contributed by atoms with van der Waals surface area (Å²) in [5.74, 6) is 0. The highest BCUT2D eigenvalue weighted by Gasteiger charge is 1.92. The van der Waals surface area contributed by atoms with Crippen molar-refractivity contribution in [2.75, 3.05) is 0 Å². The topological polar surface area (TPSA) is 17.1 Å². The van der Waals surface area contributed by atoms with E-state index in [0.29, 0.717) is 0 Å². The number of aryl methyl sites for hydroxylation is 1. The SMILES string of the molecule is CC/C(C=O)=C/c1cccc(C)c1. The molecule has 0 heterocycles. The Morgan fingerprint density at radius 3 is 2.77 bits per heavy atom. The predicted molar refractivity (Wildman–Crippen MR) is 55.5 cm³/mol. The summed E-state index contributed by atoms with van der Waals surface area (Å²) in [5.41, 5.74) is 3.16. The highest BCUT2D eigenvalue weighted by Crippen LogP contribution is 2.09.